The Balaban J connectivity index is 1.89. The summed E-state index contributed by atoms with van der Waals surface area (Å²) in [6.45, 7) is 0.305. The number of rotatable bonds is 4. The summed E-state index contributed by atoms with van der Waals surface area (Å²) >= 11 is 0. The Bertz CT molecular complexity index is 1060. The average molecular weight is 345 g/mol. The molecule has 0 unspecified atom stereocenters. The van der Waals surface area contributed by atoms with Crippen molar-refractivity contribution in [2.75, 3.05) is 0 Å². The molecule has 4 heteroatoms. The van der Waals surface area contributed by atoms with Crippen molar-refractivity contribution in [3.8, 4) is 22.6 Å². The van der Waals surface area contributed by atoms with Crippen molar-refractivity contribution in [2.45, 2.75) is 6.54 Å². The highest BCUT2D eigenvalue weighted by atomic mass is 19.1. The summed E-state index contributed by atoms with van der Waals surface area (Å²) in [5.41, 5.74) is 3.26. The van der Waals surface area contributed by atoms with Gasteiger partial charge < -0.3 is 4.42 Å². The Morgan fingerprint density at radius 2 is 1.35 bits per heavy atom. The lowest BCUT2D eigenvalue weighted by Gasteiger charge is -2.09. The first-order valence-corrected chi connectivity index (χ1v) is 8.31. The molecule has 1 aromatic heterocycles. The van der Waals surface area contributed by atoms with Crippen molar-refractivity contribution in [1.29, 1.82) is 0 Å². The lowest BCUT2D eigenvalue weighted by Crippen LogP contribution is -2.16. The van der Waals surface area contributed by atoms with E-state index in [4.69, 9.17) is 4.42 Å². The van der Waals surface area contributed by atoms with Gasteiger partial charge in [0, 0.05) is 11.1 Å². The summed E-state index contributed by atoms with van der Waals surface area (Å²) in [7, 11) is 0. The Labute approximate surface area is 150 Å². The standard InChI is InChI=1S/C22H16FNO2/c23-19-13-11-16(12-14-19)15-24-20(17-7-3-1-4-8-17)21(26-22(24)25)18-9-5-2-6-10-18/h1-14H,15H2. The van der Waals surface area contributed by atoms with E-state index in [1.54, 1.807) is 16.7 Å². The number of hydrogen-bond acceptors (Lipinski definition) is 2. The molecule has 0 saturated heterocycles. The first kappa shape index (κ1) is 16.1. The maximum absolute atomic E-state index is 13.2. The van der Waals surface area contributed by atoms with Gasteiger partial charge in [0.25, 0.3) is 0 Å². The van der Waals surface area contributed by atoms with E-state index in [2.05, 4.69) is 0 Å². The zero-order valence-corrected chi connectivity index (χ0v) is 13.9. The molecule has 1 heterocycles. The van der Waals surface area contributed by atoms with E-state index < -0.39 is 5.76 Å². The Hall–Kier alpha value is -3.40. The predicted octanol–water partition coefficient (Wildman–Crippen LogP) is 4.96. The number of benzene rings is 3. The molecule has 0 aliphatic carbocycles. The monoisotopic (exact) mass is 345 g/mol. The van der Waals surface area contributed by atoms with Gasteiger partial charge in [-0.1, -0.05) is 72.8 Å². The minimum absolute atomic E-state index is 0.304. The molecule has 26 heavy (non-hydrogen) atoms. The van der Waals surface area contributed by atoms with Crippen molar-refractivity contribution < 1.29 is 8.81 Å². The summed E-state index contributed by atoms with van der Waals surface area (Å²) in [5.74, 6) is -0.211. The van der Waals surface area contributed by atoms with E-state index in [0.717, 1.165) is 16.7 Å². The highest BCUT2D eigenvalue weighted by Gasteiger charge is 2.20. The fraction of sp³-hybridized carbons (Fsp3) is 0.0455. The summed E-state index contributed by atoms with van der Waals surface area (Å²) in [6, 6.07) is 25.3. The van der Waals surface area contributed by atoms with E-state index in [-0.39, 0.29) is 5.82 Å². The van der Waals surface area contributed by atoms with Gasteiger partial charge in [-0.15, -0.1) is 0 Å². The molecule has 0 saturated carbocycles. The van der Waals surface area contributed by atoms with Crippen LogP contribution in [0.2, 0.25) is 0 Å². The third kappa shape index (κ3) is 3.09. The van der Waals surface area contributed by atoms with Crippen molar-refractivity contribution >= 4 is 0 Å². The van der Waals surface area contributed by atoms with Crippen LogP contribution in [0.5, 0.6) is 0 Å². The van der Waals surface area contributed by atoms with Crippen LogP contribution < -0.4 is 5.76 Å². The third-order valence-corrected chi connectivity index (χ3v) is 4.23. The number of oxazole rings is 1. The largest absolute Gasteiger partial charge is 0.420 e. The molecule has 0 spiro atoms. The quantitative estimate of drug-likeness (QED) is 0.524. The van der Waals surface area contributed by atoms with Gasteiger partial charge in [-0.25, -0.2) is 9.18 Å². The smallest absolute Gasteiger partial charge is 0.407 e. The molecule has 0 amide bonds. The van der Waals surface area contributed by atoms with Gasteiger partial charge in [0.2, 0.25) is 0 Å². The Morgan fingerprint density at radius 3 is 1.96 bits per heavy atom. The SMILES string of the molecule is O=c1oc(-c2ccccc2)c(-c2ccccc2)n1Cc1ccc(F)cc1. The highest BCUT2D eigenvalue weighted by Crippen LogP contribution is 2.31. The molecule has 0 N–H and O–H groups in total. The van der Waals surface area contributed by atoms with Gasteiger partial charge >= 0.3 is 5.76 Å². The van der Waals surface area contributed by atoms with Crippen LogP contribution in [0.1, 0.15) is 5.56 Å². The minimum atomic E-state index is -0.438. The van der Waals surface area contributed by atoms with Crippen LogP contribution in [0, 0.1) is 5.82 Å². The molecule has 3 aromatic carbocycles. The second kappa shape index (κ2) is 6.84. The fourth-order valence-electron chi connectivity index (χ4n) is 2.99. The van der Waals surface area contributed by atoms with Gasteiger partial charge in [-0.3, -0.25) is 4.57 Å². The van der Waals surface area contributed by atoms with Gasteiger partial charge in [0.05, 0.1) is 12.2 Å². The second-order valence-corrected chi connectivity index (χ2v) is 5.99. The lowest BCUT2D eigenvalue weighted by atomic mass is 10.1. The first-order chi connectivity index (χ1) is 12.7. The van der Waals surface area contributed by atoms with Crippen LogP contribution >= 0.6 is 0 Å². The van der Waals surface area contributed by atoms with Crippen molar-refractivity contribution in [3.05, 3.63) is 107 Å². The van der Waals surface area contributed by atoms with Crippen LogP contribution in [0.3, 0.4) is 0 Å². The molecule has 128 valence electrons. The number of hydrogen-bond donors (Lipinski definition) is 0. The summed E-state index contributed by atoms with van der Waals surface area (Å²) in [4.78, 5) is 12.6. The third-order valence-electron chi connectivity index (χ3n) is 4.23. The summed E-state index contributed by atoms with van der Waals surface area (Å²) in [5, 5.41) is 0. The Morgan fingerprint density at radius 1 is 0.769 bits per heavy atom. The molecule has 4 aromatic rings. The summed E-state index contributed by atoms with van der Waals surface area (Å²) < 4.78 is 20.4. The predicted molar refractivity (Wildman–Crippen MR) is 99.3 cm³/mol. The Kier molecular flexibility index (Phi) is 4.23. The zero-order valence-electron chi connectivity index (χ0n) is 13.9. The highest BCUT2D eigenvalue weighted by molar-refractivity contribution is 5.77. The van der Waals surface area contributed by atoms with Crippen LogP contribution in [0.15, 0.2) is 94.1 Å². The summed E-state index contributed by atoms with van der Waals surface area (Å²) in [6.07, 6.45) is 0. The maximum Gasteiger partial charge on any atom is 0.420 e. The van der Waals surface area contributed by atoms with Gasteiger partial charge in [-0.05, 0) is 17.7 Å². The molecule has 0 fully saturated rings. The maximum atomic E-state index is 13.2. The molecule has 3 nitrogen and oxygen atoms in total. The zero-order chi connectivity index (χ0) is 17.9. The molecule has 0 radical (unpaired) electrons. The van der Waals surface area contributed by atoms with Crippen molar-refractivity contribution in [1.82, 2.24) is 4.57 Å². The molecule has 4 rings (SSSR count). The normalized spacial score (nSPS) is 10.8. The molecule has 0 atom stereocenters. The first-order valence-electron chi connectivity index (χ1n) is 8.31. The molecular weight excluding hydrogens is 329 g/mol. The van der Waals surface area contributed by atoms with E-state index in [1.165, 1.54) is 12.1 Å². The van der Waals surface area contributed by atoms with E-state index in [1.807, 2.05) is 60.7 Å². The van der Waals surface area contributed by atoms with Crippen LogP contribution in [-0.4, -0.2) is 4.57 Å². The van der Waals surface area contributed by atoms with Crippen LogP contribution in [-0.2, 0) is 6.54 Å². The van der Waals surface area contributed by atoms with Crippen LogP contribution in [0.4, 0.5) is 4.39 Å². The lowest BCUT2D eigenvalue weighted by molar-refractivity contribution is 0.497. The van der Waals surface area contributed by atoms with E-state index >= 15 is 0 Å². The molecule has 0 bridgehead atoms. The fourth-order valence-corrected chi connectivity index (χ4v) is 2.99. The topological polar surface area (TPSA) is 35.1 Å². The average Bonchev–Trinajstić information content (AvgIpc) is 3.01. The van der Waals surface area contributed by atoms with Gasteiger partial charge in [-0.2, -0.15) is 0 Å². The van der Waals surface area contributed by atoms with E-state index in [9.17, 15) is 9.18 Å². The van der Waals surface area contributed by atoms with Crippen molar-refractivity contribution in [2.24, 2.45) is 0 Å². The van der Waals surface area contributed by atoms with Crippen molar-refractivity contribution in [3.63, 3.8) is 0 Å². The molecule has 0 aliphatic rings. The molecular formula is C22H16FNO2. The van der Waals surface area contributed by atoms with E-state index in [0.29, 0.717) is 18.0 Å². The minimum Gasteiger partial charge on any atom is -0.407 e. The van der Waals surface area contributed by atoms with Gasteiger partial charge in [0.1, 0.15) is 5.82 Å². The van der Waals surface area contributed by atoms with Crippen LogP contribution in [0.25, 0.3) is 22.6 Å². The number of aromatic nitrogens is 1. The number of halogens is 1. The van der Waals surface area contributed by atoms with Gasteiger partial charge in [0.15, 0.2) is 5.76 Å². The molecule has 0 aliphatic heterocycles. The second-order valence-electron chi connectivity index (χ2n) is 5.99. The number of nitrogens with zero attached hydrogens (tertiary/aromatic N) is 1.